The van der Waals surface area contributed by atoms with Crippen LogP contribution in [0.1, 0.15) is 32.1 Å². The Hall–Kier alpha value is -1.15. The molecule has 0 radical (unpaired) electrons. The maximum Gasteiger partial charge on any atom is 0.243 e. The number of benzene rings is 1. The highest BCUT2D eigenvalue weighted by Gasteiger charge is 2.34. The van der Waals surface area contributed by atoms with Crippen LogP contribution in [0.3, 0.4) is 0 Å². The lowest BCUT2D eigenvalue weighted by atomic mass is 9.78. The molecule has 0 atom stereocenters. The molecule has 1 aromatic carbocycles. The third-order valence-corrected chi connectivity index (χ3v) is 7.34. The van der Waals surface area contributed by atoms with Crippen molar-refractivity contribution in [2.75, 3.05) is 39.8 Å². The Morgan fingerprint density at radius 2 is 1.80 bits per heavy atom. The summed E-state index contributed by atoms with van der Waals surface area (Å²) in [6.07, 6.45) is 4.52. The summed E-state index contributed by atoms with van der Waals surface area (Å²) in [5.74, 6) is 0.648. The first kappa shape index (κ1) is 18.6. The molecule has 1 N–H and O–H groups in total. The highest BCUT2D eigenvalue weighted by Crippen LogP contribution is 2.34. The van der Waals surface area contributed by atoms with E-state index >= 15 is 0 Å². The molecule has 1 aliphatic carbocycles. The van der Waals surface area contributed by atoms with Crippen molar-refractivity contribution in [2.24, 2.45) is 0 Å². The van der Waals surface area contributed by atoms with Crippen LogP contribution >= 0.6 is 0 Å². The topological polar surface area (TPSA) is 70.1 Å². The minimum Gasteiger partial charge on any atom is -0.497 e. The molecule has 0 bridgehead atoms. The largest absolute Gasteiger partial charge is 0.497 e. The summed E-state index contributed by atoms with van der Waals surface area (Å²) < 4.78 is 32.4. The Balaban J connectivity index is 1.59. The molecule has 0 aromatic heterocycles. The van der Waals surface area contributed by atoms with E-state index in [1.54, 1.807) is 35.7 Å². The van der Waals surface area contributed by atoms with Gasteiger partial charge < -0.3 is 14.7 Å². The Morgan fingerprint density at radius 1 is 1.08 bits per heavy atom. The molecule has 1 saturated heterocycles. The molecule has 3 rings (SSSR count). The number of hydrogen-bond acceptors (Lipinski definition) is 5. The van der Waals surface area contributed by atoms with Gasteiger partial charge in [-0.1, -0.05) is 0 Å². The van der Waals surface area contributed by atoms with E-state index in [2.05, 4.69) is 4.90 Å². The van der Waals surface area contributed by atoms with Gasteiger partial charge in [0.25, 0.3) is 0 Å². The number of ether oxygens (including phenoxy) is 1. The second-order valence-corrected chi connectivity index (χ2v) is 9.04. The molecule has 140 valence electrons. The second kappa shape index (κ2) is 7.61. The van der Waals surface area contributed by atoms with Crippen LogP contribution in [0.5, 0.6) is 5.75 Å². The third kappa shape index (κ3) is 4.34. The Kier molecular flexibility index (Phi) is 5.68. The van der Waals surface area contributed by atoms with Gasteiger partial charge in [0.15, 0.2) is 0 Å². The third-order valence-electron chi connectivity index (χ3n) is 5.42. The van der Waals surface area contributed by atoms with E-state index in [9.17, 15) is 13.5 Å². The highest BCUT2D eigenvalue weighted by molar-refractivity contribution is 7.89. The van der Waals surface area contributed by atoms with Crippen molar-refractivity contribution in [2.45, 2.75) is 42.6 Å². The molecule has 1 saturated carbocycles. The summed E-state index contributed by atoms with van der Waals surface area (Å²) in [7, 11) is -1.91. The lowest BCUT2D eigenvalue weighted by Gasteiger charge is -2.38. The summed E-state index contributed by atoms with van der Waals surface area (Å²) in [6.45, 7) is 3.46. The van der Waals surface area contributed by atoms with Gasteiger partial charge in [0.1, 0.15) is 5.75 Å². The molecule has 2 aliphatic rings. The number of sulfonamides is 1. The van der Waals surface area contributed by atoms with Gasteiger partial charge in [0, 0.05) is 26.2 Å². The van der Waals surface area contributed by atoms with Crippen molar-refractivity contribution in [3.8, 4) is 5.75 Å². The van der Waals surface area contributed by atoms with Crippen LogP contribution < -0.4 is 4.74 Å². The van der Waals surface area contributed by atoms with E-state index in [1.165, 1.54) is 0 Å². The molecule has 1 heterocycles. The zero-order valence-electron chi connectivity index (χ0n) is 14.9. The van der Waals surface area contributed by atoms with Crippen molar-refractivity contribution < 1.29 is 18.3 Å². The Morgan fingerprint density at radius 3 is 2.40 bits per heavy atom. The SMILES string of the molecule is COc1ccc(S(=O)(=O)N2CCCN(CCC3(O)CCC3)CC2)cc1. The fourth-order valence-electron chi connectivity index (χ4n) is 3.51. The Bertz CT molecular complexity index is 671. The van der Waals surface area contributed by atoms with Gasteiger partial charge in [0.05, 0.1) is 17.6 Å². The summed E-state index contributed by atoms with van der Waals surface area (Å²) in [5, 5.41) is 10.2. The predicted octanol–water partition coefficient (Wildman–Crippen LogP) is 1.70. The molecule has 0 spiro atoms. The summed E-state index contributed by atoms with van der Waals surface area (Å²) in [4.78, 5) is 2.59. The van der Waals surface area contributed by atoms with Crippen LogP contribution in [0.15, 0.2) is 29.2 Å². The minimum atomic E-state index is -3.47. The lowest BCUT2D eigenvalue weighted by molar-refractivity contribution is -0.0460. The van der Waals surface area contributed by atoms with Crippen molar-refractivity contribution in [3.63, 3.8) is 0 Å². The fourth-order valence-corrected chi connectivity index (χ4v) is 4.98. The lowest BCUT2D eigenvalue weighted by Crippen LogP contribution is -2.41. The fraction of sp³-hybridized carbons (Fsp3) is 0.667. The standard InChI is InChI=1S/C18H28N2O4S/c1-24-16-4-6-17(7-5-16)25(22,23)20-12-3-11-19(14-15-20)13-10-18(21)8-2-9-18/h4-7,21H,2-3,8-15H2,1H3. The minimum absolute atomic E-state index is 0.311. The second-order valence-electron chi connectivity index (χ2n) is 7.10. The first-order valence-corrected chi connectivity index (χ1v) is 10.5. The van der Waals surface area contributed by atoms with Gasteiger partial charge in [-0.05, 0) is 62.9 Å². The smallest absolute Gasteiger partial charge is 0.243 e. The van der Waals surface area contributed by atoms with Crippen LogP contribution in [0.25, 0.3) is 0 Å². The maximum absolute atomic E-state index is 12.8. The van der Waals surface area contributed by atoms with Crippen LogP contribution in [0.4, 0.5) is 0 Å². The van der Waals surface area contributed by atoms with Gasteiger partial charge in [-0.2, -0.15) is 4.31 Å². The molecule has 6 nitrogen and oxygen atoms in total. The predicted molar refractivity (Wildman–Crippen MR) is 96.2 cm³/mol. The molecule has 2 fully saturated rings. The van der Waals surface area contributed by atoms with Gasteiger partial charge in [0.2, 0.25) is 10.0 Å². The monoisotopic (exact) mass is 368 g/mol. The summed E-state index contributed by atoms with van der Waals surface area (Å²) in [5.41, 5.74) is -0.471. The van der Waals surface area contributed by atoms with Crippen LogP contribution in [-0.2, 0) is 10.0 Å². The Labute approximate surface area is 150 Å². The number of aliphatic hydroxyl groups is 1. The normalized spacial score (nSPS) is 22.2. The molecule has 0 unspecified atom stereocenters. The van der Waals surface area contributed by atoms with E-state index in [-0.39, 0.29) is 0 Å². The first-order chi connectivity index (χ1) is 11.9. The van der Waals surface area contributed by atoms with Gasteiger partial charge >= 0.3 is 0 Å². The molecule has 25 heavy (non-hydrogen) atoms. The summed E-state index contributed by atoms with van der Waals surface area (Å²) in [6, 6.07) is 6.55. The van der Waals surface area contributed by atoms with Crippen molar-refractivity contribution in [3.05, 3.63) is 24.3 Å². The highest BCUT2D eigenvalue weighted by atomic mass is 32.2. The number of hydrogen-bond donors (Lipinski definition) is 1. The van der Waals surface area contributed by atoms with E-state index < -0.39 is 15.6 Å². The van der Waals surface area contributed by atoms with E-state index in [0.29, 0.717) is 30.3 Å². The molecule has 0 amide bonds. The maximum atomic E-state index is 12.8. The van der Waals surface area contributed by atoms with E-state index in [4.69, 9.17) is 4.74 Å². The number of nitrogens with zero attached hydrogens (tertiary/aromatic N) is 2. The first-order valence-electron chi connectivity index (χ1n) is 9.02. The average molecular weight is 368 g/mol. The van der Waals surface area contributed by atoms with Crippen LogP contribution in [-0.4, -0.2) is 68.2 Å². The molecular weight excluding hydrogens is 340 g/mol. The number of methoxy groups -OCH3 is 1. The van der Waals surface area contributed by atoms with Crippen molar-refractivity contribution in [1.82, 2.24) is 9.21 Å². The molecular formula is C18H28N2O4S. The number of rotatable bonds is 6. The zero-order valence-corrected chi connectivity index (χ0v) is 15.7. The summed E-state index contributed by atoms with van der Waals surface area (Å²) >= 11 is 0. The molecule has 1 aliphatic heterocycles. The quantitative estimate of drug-likeness (QED) is 0.828. The van der Waals surface area contributed by atoms with Crippen molar-refractivity contribution >= 4 is 10.0 Å². The van der Waals surface area contributed by atoms with E-state index in [1.807, 2.05) is 0 Å². The van der Waals surface area contributed by atoms with Gasteiger partial charge in [-0.25, -0.2) is 8.42 Å². The van der Waals surface area contributed by atoms with Crippen LogP contribution in [0, 0.1) is 0 Å². The van der Waals surface area contributed by atoms with Crippen LogP contribution in [0.2, 0.25) is 0 Å². The zero-order chi connectivity index (χ0) is 17.9. The van der Waals surface area contributed by atoms with E-state index in [0.717, 1.165) is 45.2 Å². The average Bonchev–Trinajstić information content (AvgIpc) is 2.84. The molecule has 1 aromatic rings. The van der Waals surface area contributed by atoms with Gasteiger partial charge in [-0.15, -0.1) is 0 Å². The van der Waals surface area contributed by atoms with Crippen molar-refractivity contribution in [1.29, 1.82) is 0 Å². The molecule has 7 heteroatoms. The van der Waals surface area contributed by atoms with Gasteiger partial charge in [-0.3, -0.25) is 0 Å².